The zero-order valence-electron chi connectivity index (χ0n) is 7.34. The van der Waals surface area contributed by atoms with Crippen molar-refractivity contribution >= 4 is 11.8 Å². The van der Waals surface area contributed by atoms with Crippen molar-refractivity contribution < 1.29 is 19.4 Å². The molecule has 0 atom stereocenters. The van der Waals surface area contributed by atoms with Crippen LogP contribution in [0.1, 0.15) is 0 Å². The van der Waals surface area contributed by atoms with Gasteiger partial charge in [-0.25, -0.2) is 0 Å². The van der Waals surface area contributed by atoms with Gasteiger partial charge in [0.2, 0.25) is 0 Å². The number of nitrogens with zero attached hydrogens (tertiary/aromatic N) is 1. The van der Waals surface area contributed by atoms with Crippen LogP contribution in [0, 0.1) is 5.21 Å². The second-order valence-corrected chi connectivity index (χ2v) is 2.43. The summed E-state index contributed by atoms with van der Waals surface area (Å²) in [4.78, 5) is 10.1. The van der Waals surface area contributed by atoms with Crippen LogP contribution >= 0.6 is 0 Å². The molecule has 0 aliphatic heterocycles. The van der Waals surface area contributed by atoms with Crippen molar-refractivity contribution in [2.75, 3.05) is 13.2 Å². The number of rotatable bonds is 4. The Morgan fingerprint density at radius 3 is 2.86 bits per heavy atom. The van der Waals surface area contributed by atoms with Crippen molar-refractivity contribution in [2.45, 2.75) is 0 Å². The molecule has 14 heavy (non-hydrogen) atoms. The summed E-state index contributed by atoms with van der Waals surface area (Å²) >= 11 is 0. The van der Waals surface area contributed by atoms with Gasteiger partial charge in [0.05, 0.1) is 6.61 Å². The van der Waals surface area contributed by atoms with Crippen molar-refractivity contribution in [2.24, 2.45) is 0 Å². The summed E-state index contributed by atoms with van der Waals surface area (Å²) in [6.07, 6.45) is 1.18. The summed E-state index contributed by atoms with van der Waals surface area (Å²) in [6, 6.07) is 6.23. The van der Waals surface area contributed by atoms with Gasteiger partial charge in [-0.1, -0.05) is 16.9 Å². The van der Waals surface area contributed by atoms with Crippen LogP contribution in [-0.4, -0.2) is 29.1 Å². The first kappa shape index (κ1) is 10.2. The standard InChI is InChI=1S/C9H9NO4/c11-5-6-14-9-4-2-1-3-8(9)10(13)7-12/h1-4,11H,5-6H2. The van der Waals surface area contributed by atoms with E-state index in [4.69, 9.17) is 9.84 Å². The fraction of sp³-hybridized carbons (Fsp3) is 0.222. The Hall–Kier alpha value is -1.84. The number of carbonyl (C=O) groups excluding carboxylic acids is 1. The van der Waals surface area contributed by atoms with E-state index in [0.29, 0.717) is 0 Å². The van der Waals surface area contributed by atoms with Crippen LogP contribution in [0.4, 0.5) is 5.69 Å². The normalized spacial score (nSPS) is 9.21. The molecule has 0 saturated heterocycles. The Bertz CT molecular complexity index is 358. The lowest BCUT2D eigenvalue weighted by Crippen LogP contribution is -2.04. The van der Waals surface area contributed by atoms with Crippen molar-refractivity contribution in [3.8, 4) is 5.75 Å². The number of hydrogen-bond donors (Lipinski definition) is 1. The van der Waals surface area contributed by atoms with Crippen molar-refractivity contribution in [1.29, 1.82) is 0 Å². The molecule has 5 heteroatoms. The van der Waals surface area contributed by atoms with Gasteiger partial charge in [-0.2, -0.15) is 4.79 Å². The minimum atomic E-state index is -0.155. The third-order valence-electron chi connectivity index (χ3n) is 1.52. The zero-order chi connectivity index (χ0) is 10.4. The molecule has 1 rings (SSSR count). The van der Waals surface area contributed by atoms with Crippen LogP contribution in [0.3, 0.4) is 0 Å². The number of isocyanates is 1. The molecule has 0 fully saturated rings. The van der Waals surface area contributed by atoms with Gasteiger partial charge in [-0.15, -0.1) is 0 Å². The SMILES string of the molecule is O=C=[N+]([O-])c1ccccc1OCCO. The van der Waals surface area contributed by atoms with Crippen LogP contribution in [0.2, 0.25) is 0 Å². The summed E-state index contributed by atoms with van der Waals surface area (Å²) in [5, 5.41) is 19.5. The smallest absolute Gasteiger partial charge is 0.443 e. The Balaban J connectivity index is 2.97. The molecule has 0 bridgehead atoms. The predicted molar refractivity (Wildman–Crippen MR) is 48.0 cm³/mol. The lowest BCUT2D eigenvalue weighted by molar-refractivity contribution is -0.358. The topological polar surface area (TPSA) is 72.6 Å². The highest BCUT2D eigenvalue weighted by Gasteiger charge is 2.10. The van der Waals surface area contributed by atoms with E-state index in [1.54, 1.807) is 12.1 Å². The molecule has 0 amide bonds. The number of benzene rings is 1. The summed E-state index contributed by atoms with van der Waals surface area (Å²) < 4.78 is 5.09. The molecule has 1 aromatic carbocycles. The van der Waals surface area contributed by atoms with Gasteiger partial charge in [-0.05, 0) is 6.07 Å². The van der Waals surface area contributed by atoms with Crippen LogP contribution in [0.5, 0.6) is 5.75 Å². The highest BCUT2D eigenvalue weighted by molar-refractivity contribution is 5.48. The maximum absolute atomic E-state index is 10.9. The second kappa shape index (κ2) is 5.01. The van der Waals surface area contributed by atoms with E-state index in [1.165, 1.54) is 18.2 Å². The fourth-order valence-electron chi connectivity index (χ4n) is 0.952. The lowest BCUT2D eigenvalue weighted by atomic mass is 10.3. The summed E-state index contributed by atoms with van der Waals surface area (Å²) in [5.74, 6) is 0.250. The Labute approximate surface area is 80.4 Å². The lowest BCUT2D eigenvalue weighted by Gasteiger charge is -2.06. The highest BCUT2D eigenvalue weighted by atomic mass is 16.5. The van der Waals surface area contributed by atoms with Crippen LogP contribution in [0.25, 0.3) is 0 Å². The first-order chi connectivity index (χ1) is 6.79. The number of ether oxygens (including phenoxy) is 1. The average Bonchev–Trinajstić information content (AvgIpc) is 2.25. The van der Waals surface area contributed by atoms with Gasteiger partial charge in [0, 0.05) is 6.07 Å². The Morgan fingerprint density at radius 2 is 2.21 bits per heavy atom. The summed E-state index contributed by atoms with van der Waals surface area (Å²) in [5.41, 5.74) is 0.0796. The molecular weight excluding hydrogens is 186 g/mol. The van der Waals surface area contributed by atoms with Crippen LogP contribution in [0.15, 0.2) is 24.3 Å². The van der Waals surface area contributed by atoms with Gasteiger partial charge in [-0.3, -0.25) is 0 Å². The molecule has 0 heterocycles. The molecular formula is C9H9NO4. The largest absolute Gasteiger partial charge is 0.607 e. The van der Waals surface area contributed by atoms with E-state index >= 15 is 0 Å². The van der Waals surface area contributed by atoms with E-state index in [2.05, 4.69) is 0 Å². The monoisotopic (exact) mass is 195 g/mol. The predicted octanol–water partition coefficient (Wildman–Crippen LogP) is 0.535. The molecule has 0 spiro atoms. The number of para-hydroxylation sites is 2. The summed E-state index contributed by atoms with van der Waals surface area (Å²) in [6.45, 7) is -0.0816. The van der Waals surface area contributed by atoms with Gasteiger partial charge in [0.25, 0.3) is 5.69 Å². The molecule has 0 saturated carbocycles. The third-order valence-corrected chi connectivity index (χ3v) is 1.52. The maximum Gasteiger partial charge on any atom is 0.443 e. The molecule has 0 aromatic heterocycles. The molecule has 0 radical (unpaired) electrons. The van der Waals surface area contributed by atoms with Crippen LogP contribution < -0.4 is 4.74 Å². The average molecular weight is 195 g/mol. The van der Waals surface area contributed by atoms with E-state index < -0.39 is 0 Å². The van der Waals surface area contributed by atoms with Crippen LogP contribution in [-0.2, 0) is 4.79 Å². The third kappa shape index (κ3) is 2.32. The van der Waals surface area contributed by atoms with E-state index in [-0.39, 0.29) is 29.4 Å². The maximum atomic E-state index is 10.9. The molecule has 0 aliphatic rings. The minimum absolute atomic E-state index is 0.0483. The molecule has 74 valence electrons. The van der Waals surface area contributed by atoms with E-state index in [1.807, 2.05) is 0 Å². The number of hydrogen-bond acceptors (Lipinski definition) is 4. The molecule has 1 aromatic rings. The quantitative estimate of drug-likeness (QED) is 0.250. The van der Waals surface area contributed by atoms with Gasteiger partial charge >= 0.3 is 6.08 Å². The number of aliphatic hydroxyl groups excluding tert-OH is 1. The first-order valence-corrected chi connectivity index (χ1v) is 3.97. The first-order valence-electron chi connectivity index (χ1n) is 3.97. The fourth-order valence-corrected chi connectivity index (χ4v) is 0.952. The second-order valence-electron chi connectivity index (χ2n) is 2.43. The Morgan fingerprint density at radius 1 is 1.50 bits per heavy atom. The molecule has 5 nitrogen and oxygen atoms in total. The van der Waals surface area contributed by atoms with E-state index in [9.17, 15) is 10.0 Å². The van der Waals surface area contributed by atoms with Gasteiger partial charge in [0.15, 0.2) is 5.75 Å². The molecule has 1 N–H and O–H groups in total. The van der Waals surface area contributed by atoms with Crippen molar-refractivity contribution in [1.82, 2.24) is 0 Å². The highest BCUT2D eigenvalue weighted by Crippen LogP contribution is 2.25. The minimum Gasteiger partial charge on any atom is -0.607 e. The molecule has 0 unspecified atom stereocenters. The van der Waals surface area contributed by atoms with Gasteiger partial charge in [0.1, 0.15) is 6.61 Å². The number of aliphatic hydroxyl groups is 1. The Kier molecular flexibility index (Phi) is 3.67. The zero-order valence-corrected chi connectivity index (χ0v) is 7.34. The van der Waals surface area contributed by atoms with Gasteiger partial charge < -0.3 is 15.1 Å². The molecule has 0 aliphatic carbocycles. The summed E-state index contributed by atoms with van der Waals surface area (Å²) in [7, 11) is 0. The van der Waals surface area contributed by atoms with Crippen molar-refractivity contribution in [3.05, 3.63) is 29.5 Å². The van der Waals surface area contributed by atoms with E-state index in [0.717, 1.165) is 0 Å². The van der Waals surface area contributed by atoms with Crippen molar-refractivity contribution in [3.63, 3.8) is 0 Å².